The van der Waals surface area contributed by atoms with Crippen molar-refractivity contribution >= 4 is 57.1 Å². The van der Waals surface area contributed by atoms with Gasteiger partial charge in [0.25, 0.3) is 0 Å². The molecule has 16 heteroatoms. The predicted molar refractivity (Wildman–Crippen MR) is 160 cm³/mol. The number of amides is 2. The van der Waals surface area contributed by atoms with Crippen molar-refractivity contribution in [3.05, 3.63) is 47.3 Å². The Hall–Kier alpha value is -3.47. The quantitative estimate of drug-likeness (QED) is 0.102. The van der Waals surface area contributed by atoms with Crippen molar-refractivity contribution in [3.8, 4) is 0 Å². The van der Waals surface area contributed by atoms with Crippen LogP contribution in [0.15, 0.2) is 35.9 Å². The number of hydrogen-bond donors (Lipinski definition) is 6. The molecule has 2 fully saturated rings. The number of carbonyl (C=O) groups excluding carboxylic acids is 3. The van der Waals surface area contributed by atoms with Crippen LogP contribution < -0.4 is 16.4 Å². The molecule has 0 spiro atoms. The Balaban J connectivity index is 1.74. The summed E-state index contributed by atoms with van der Waals surface area (Å²) in [6.45, 7) is -0.208. The lowest BCUT2D eigenvalue weighted by molar-refractivity contribution is -0.139. The van der Waals surface area contributed by atoms with Crippen LogP contribution in [0.25, 0.3) is 0 Å². The molecule has 2 amide bonds. The lowest BCUT2D eigenvalue weighted by Gasteiger charge is -2.40. The number of likely N-dealkylation sites (tertiary alicyclic amines) is 1. The Morgan fingerprint density at radius 2 is 1.80 bits per heavy atom. The van der Waals surface area contributed by atoms with Crippen molar-refractivity contribution in [2.45, 2.75) is 62.0 Å². The summed E-state index contributed by atoms with van der Waals surface area (Å²) in [6, 6.07) is 2.83. The van der Waals surface area contributed by atoms with Crippen LogP contribution in [0.5, 0.6) is 0 Å². The van der Waals surface area contributed by atoms with E-state index in [1.807, 2.05) is 0 Å². The number of Topliss-reactive ketones (excluding diaryl/α,β-unsaturated/α-hetero) is 1. The number of ketones is 1. The molecule has 1 aromatic rings. The number of benzene rings is 1. The molecule has 0 aromatic heterocycles. The van der Waals surface area contributed by atoms with E-state index in [0.29, 0.717) is 36.9 Å². The topological polar surface area (TPSA) is 216 Å². The highest BCUT2D eigenvalue weighted by Crippen LogP contribution is 2.43. The van der Waals surface area contributed by atoms with Gasteiger partial charge in [-0.1, -0.05) is 39.8 Å². The summed E-state index contributed by atoms with van der Waals surface area (Å²) in [4.78, 5) is 74.2. The Bertz CT molecular complexity index is 1290. The molecule has 4 unspecified atom stereocenters. The summed E-state index contributed by atoms with van der Waals surface area (Å²) in [5.41, 5.74) is 6.17. The molecule has 1 saturated carbocycles. The molecule has 1 heterocycles. The maximum atomic E-state index is 14.5. The van der Waals surface area contributed by atoms with Crippen LogP contribution in [-0.2, 0) is 35.3 Å². The standard InChI is InChI=1S/C28H35FN4O9S2/c29-18-4-2-1-3-16(18)13-33-10-9-21(17(11-23(35)36)25(33)26(39)15-5-6-15)44-43-14-20(27(40)31-12-24(37)38)32-22(34)8-7-19(30)28(41)42/h1-4,11,15,19-21,25H,5-10,12-14,30H2,(H,31,40)(H,32,34)(H,35,36)(H,37,38)(H,41,42)/b17-11+. The largest absolute Gasteiger partial charge is 0.480 e. The van der Waals surface area contributed by atoms with E-state index in [1.54, 1.807) is 23.1 Å². The fraction of sp³-hybridized carbons (Fsp3) is 0.500. The molecule has 240 valence electrons. The summed E-state index contributed by atoms with van der Waals surface area (Å²) < 4.78 is 14.5. The van der Waals surface area contributed by atoms with Gasteiger partial charge in [0.2, 0.25) is 11.8 Å². The van der Waals surface area contributed by atoms with Gasteiger partial charge in [0, 0.05) is 48.1 Å². The predicted octanol–water partition coefficient (Wildman–Crippen LogP) is 1.02. The van der Waals surface area contributed by atoms with E-state index in [1.165, 1.54) is 16.9 Å². The van der Waals surface area contributed by atoms with E-state index in [2.05, 4.69) is 10.6 Å². The monoisotopic (exact) mass is 654 g/mol. The fourth-order valence-corrected chi connectivity index (χ4v) is 7.55. The van der Waals surface area contributed by atoms with Crippen LogP contribution >= 0.6 is 21.6 Å². The zero-order valence-corrected chi connectivity index (χ0v) is 25.3. The molecule has 0 bridgehead atoms. The molecule has 7 N–H and O–H groups in total. The van der Waals surface area contributed by atoms with Gasteiger partial charge in [0.05, 0.1) is 6.04 Å². The average Bonchev–Trinajstić information content (AvgIpc) is 3.81. The first kappa shape index (κ1) is 35.0. The van der Waals surface area contributed by atoms with E-state index < -0.39 is 65.5 Å². The molecule has 13 nitrogen and oxygen atoms in total. The van der Waals surface area contributed by atoms with E-state index in [0.717, 1.165) is 16.9 Å². The molecule has 0 radical (unpaired) electrons. The Morgan fingerprint density at radius 1 is 1.09 bits per heavy atom. The highest BCUT2D eigenvalue weighted by atomic mass is 33.1. The minimum atomic E-state index is -1.30. The summed E-state index contributed by atoms with van der Waals surface area (Å²) in [6.07, 6.45) is 2.35. The number of rotatable bonds is 17. The summed E-state index contributed by atoms with van der Waals surface area (Å²) in [5, 5.41) is 31.8. The third kappa shape index (κ3) is 10.6. The number of piperidine rings is 1. The molecular formula is C28H35FN4O9S2. The molecular weight excluding hydrogens is 619 g/mol. The van der Waals surface area contributed by atoms with Crippen LogP contribution in [-0.4, -0.2) is 97.9 Å². The molecule has 1 saturated heterocycles. The Kier molecular flexibility index (Phi) is 13.2. The van der Waals surface area contributed by atoms with Crippen molar-refractivity contribution in [1.29, 1.82) is 0 Å². The normalized spacial score (nSPS) is 20.8. The van der Waals surface area contributed by atoms with Gasteiger partial charge in [-0.05, 0) is 37.3 Å². The van der Waals surface area contributed by atoms with Crippen LogP contribution in [0.2, 0.25) is 0 Å². The van der Waals surface area contributed by atoms with E-state index in [4.69, 9.17) is 15.9 Å². The van der Waals surface area contributed by atoms with Crippen LogP contribution in [0.4, 0.5) is 4.39 Å². The number of hydrogen-bond acceptors (Lipinski definition) is 10. The van der Waals surface area contributed by atoms with Crippen molar-refractivity contribution in [2.75, 3.05) is 18.8 Å². The Morgan fingerprint density at radius 3 is 2.41 bits per heavy atom. The van der Waals surface area contributed by atoms with Crippen molar-refractivity contribution in [2.24, 2.45) is 11.7 Å². The number of nitrogens with zero attached hydrogens (tertiary/aromatic N) is 1. The second kappa shape index (κ2) is 16.6. The number of nitrogens with one attached hydrogen (secondary N) is 2. The molecule has 1 aromatic carbocycles. The molecule has 3 rings (SSSR count). The maximum absolute atomic E-state index is 14.5. The third-order valence-corrected chi connectivity index (χ3v) is 9.94. The van der Waals surface area contributed by atoms with Gasteiger partial charge in [-0.25, -0.2) is 9.18 Å². The van der Waals surface area contributed by atoms with Crippen molar-refractivity contribution in [3.63, 3.8) is 0 Å². The fourth-order valence-electron chi connectivity index (χ4n) is 4.67. The van der Waals surface area contributed by atoms with Gasteiger partial charge >= 0.3 is 17.9 Å². The third-order valence-electron chi connectivity index (χ3n) is 7.09. The average molecular weight is 655 g/mol. The number of carbonyl (C=O) groups is 6. The highest BCUT2D eigenvalue weighted by molar-refractivity contribution is 8.77. The van der Waals surface area contributed by atoms with Crippen molar-refractivity contribution < 1.29 is 48.5 Å². The van der Waals surface area contributed by atoms with Crippen LogP contribution in [0.3, 0.4) is 0 Å². The summed E-state index contributed by atoms with van der Waals surface area (Å²) in [7, 11) is 2.35. The zero-order valence-electron chi connectivity index (χ0n) is 23.6. The van der Waals surface area contributed by atoms with Gasteiger partial charge < -0.3 is 31.7 Å². The number of halogens is 1. The van der Waals surface area contributed by atoms with Crippen LogP contribution in [0, 0.1) is 11.7 Å². The minimum Gasteiger partial charge on any atom is -0.480 e. The summed E-state index contributed by atoms with van der Waals surface area (Å²) >= 11 is 0. The maximum Gasteiger partial charge on any atom is 0.328 e. The second-order valence-electron chi connectivity index (χ2n) is 10.5. The van der Waals surface area contributed by atoms with Gasteiger partial charge in [0.15, 0.2) is 5.78 Å². The smallest absolute Gasteiger partial charge is 0.328 e. The lowest BCUT2D eigenvalue weighted by atomic mass is 9.89. The second-order valence-corrected chi connectivity index (χ2v) is 13.1. The van der Waals surface area contributed by atoms with E-state index >= 15 is 0 Å². The molecule has 44 heavy (non-hydrogen) atoms. The van der Waals surface area contributed by atoms with Gasteiger partial charge in [-0.15, -0.1) is 0 Å². The molecule has 1 aliphatic heterocycles. The van der Waals surface area contributed by atoms with E-state index in [-0.39, 0.29) is 36.8 Å². The van der Waals surface area contributed by atoms with E-state index in [9.17, 15) is 38.3 Å². The van der Waals surface area contributed by atoms with Gasteiger partial charge in [0.1, 0.15) is 24.4 Å². The molecule has 4 atom stereocenters. The number of aliphatic carboxylic acids is 3. The van der Waals surface area contributed by atoms with Gasteiger partial charge in [-0.2, -0.15) is 0 Å². The first-order valence-electron chi connectivity index (χ1n) is 13.9. The first-order valence-corrected chi connectivity index (χ1v) is 16.3. The van der Waals surface area contributed by atoms with Crippen molar-refractivity contribution in [1.82, 2.24) is 15.5 Å². The zero-order chi connectivity index (χ0) is 32.4. The SMILES string of the molecule is NC(CCC(=O)NC(CSSC1CCN(Cc2ccccc2F)C(C(=O)C2CC2)/C1=C/C(=O)O)C(=O)NCC(=O)O)C(=O)O. The minimum absolute atomic E-state index is 0.0517. The number of carboxylic acids is 3. The highest BCUT2D eigenvalue weighted by Gasteiger charge is 2.44. The van der Waals surface area contributed by atoms with Gasteiger partial charge in [-0.3, -0.25) is 28.9 Å². The number of carboxylic acid groups (broad SMARTS) is 3. The summed E-state index contributed by atoms with van der Waals surface area (Å²) in [5.74, 6) is -6.08. The molecule has 1 aliphatic carbocycles. The lowest BCUT2D eigenvalue weighted by Crippen LogP contribution is -2.50. The Labute approximate surface area is 260 Å². The first-order chi connectivity index (χ1) is 20.9. The number of nitrogens with two attached hydrogens (primary N) is 1. The van der Waals surface area contributed by atoms with Crippen LogP contribution in [0.1, 0.15) is 37.7 Å². The molecule has 2 aliphatic rings.